The second kappa shape index (κ2) is 9.54. The van der Waals surface area contributed by atoms with Gasteiger partial charge in [0.25, 0.3) is 0 Å². The maximum Gasteiger partial charge on any atom is 0.347 e. The summed E-state index contributed by atoms with van der Waals surface area (Å²) < 4.78 is 3.76. The summed E-state index contributed by atoms with van der Waals surface area (Å²) in [5.74, 6) is 0.328. The van der Waals surface area contributed by atoms with Crippen molar-refractivity contribution in [2.24, 2.45) is 5.92 Å². The van der Waals surface area contributed by atoms with Crippen LogP contribution in [0.2, 0.25) is 0 Å². The van der Waals surface area contributed by atoms with E-state index in [1.807, 2.05) is 30.3 Å². The Morgan fingerprint density at radius 1 is 0.923 bits per heavy atom. The van der Waals surface area contributed by atoms with Crippen LogP contribution in [0.5, 0.6) is 0 Å². The summed E-state index contributed by atoms with van der Waals surface area (Å²) in [6.07, 6.45) is 2.17. The Bertz CT molecular complexity index is 752. The van der Waals surface area contributed by atoms with Crippen molar-refractivity contribution < 1.29 is 10.2 Å². The molecule has 7 nitrogen and oxygen atoms in total. The molecule has 7 heteroatoms. The van der Waals surface area contributed by atoms with Crippen LogP contribution in [0.1, 0.15) is 38.3 Å². The molecule has 2 aromatic rings. The lowest BCUT2D eigenvalue weighted by Gasteiger charge is -2.19. The summed E-state index contributed by atoms with van der Waals surface area (Å²) in [5, 5.41) is 18.5. The summed E-state index contributed by atoms with van der Waals surface area (Å²) in [6.45, 7) is 3.72. The van der Waals surface area contributed by atoms with E-state index in [9.17, 15) is 19.8 Å². The van der Waals surface area contributed by atoms with Crippen molar-refractivity contribution in [2.75, 3.05) is 13.2 Å². The van der Waals surface area contributed by atoms with Crippen LogP contribution in [0.3, 0.4) is 0 Å². The molecule has 0 saturated heterocycles. The molecule has 1 atom stereocenters. The van der Waals surface area contributed by atoms with E-state index >= 15 is 0 Å². The largest absolute Gasteiger partial charge is 0.394 e. The first-order chi connectivity index (χ1) is 12.5. The third-order valence-corrected chi connectivity index (χ3v) is 4.49. The first-order valence-electron chi connectivity index (χ1n) is 9.17. The van der Waals surface area contributed by atoms with Gasteiger partial charge in [0.1, 0.15) is 0 Å². The second-order valence-corrected chi connectivity index (χ2v) is 6.94. The lowest BCUT2D eigenvalue weighted by atomic mass is 9.97. The fourth-order valence-corrected chi connectivity index (χ4v) is 3.35. The van der Waals surface area contributed by atoms with Gasteiger partial charge < -0.3 is 10.2 Å². The molecule has 0 aliphatic heterocycles. The zero-order valence-corrected chi connectivity index (χ0v) is 15.5. The van der Waals surface area contributed by atoms with Crippen LogP contribution in [0.4, 0.5) is 0 Å². The van der Waals surface area contributed by atoms with Crippen LogP contribution in [-0.4, -0.2) is 37.4 Å². The first kappa shape index (κ1) is 20.2. The number of hydrogen-bond donors (Lipinski definition) is 2. The van der Waals surface area contributed by atoms with Gasteiger partial charge in [-0.15, -0.1) is 0 Å². The summed E-state index contributed by atoms with van der Waals surface area (Å²) in [5.41, 5.74) is 0.326. The molecule has 26 heavy (non-hydrogen) atoms. The number of aliphatic hydroxyl groups excluding tert-OH is 2. The fourth-order valence-electron chi connectivity index (χ4n) is 3.35. The quantitative estimate of drug-likeness (QED) is 0.659. The highest BCUT2D eigenvalue weighted by molar-refractivity contribution is 5.14. The highest BCUT2D eigenvalue weighted by atomic mass is 16.3. The van der Waals surface area contributed by atoms with Crippen LogP contribution in [-0.2, 0) is 19.5 Å². The smallest absolute Gasteiger partial charge is 0.347 e. The Morgan fingerprint density at radius 3 is 1.92 bits per heavy atom. The van der Waals surface area contributed by atoms with Gasteiger partial charge in [-0.25, -0.2) is 23.5 Å². The molecule has 0 radical (unpaired) electrons. The van der Waals surface area contributed by atoms with E-state index in [0.717, 1.165) is 6.42 Å². The molecule has 0 bridgehead atoms. The van der Waals surface area contributed by atoms with E-state index in [4.69, 9.17) is 0 Å². The van der Waals surface area contributed by atoms with Gasteiger partial charge in [0.2, 0.25) is 0 Å². The van der Waals surface area contributed by atoms with Gasteiger partial charge >= 0.3 is 11.4 Å². The standard InChI is InChI=1S/C19H29N3O4/c1-15(2)14-17(9-8-16-6-4-3-5-7-16)22-18(25)20(10-12-23)21(11-13-24)19(22)26/h3-7,15,17,23-24H,8-14H2,1-2H3. The zero-order chi connectivity index (χ0) is 19.1. The van der Waals surface area contributed by atoms with Crippen LogP contribution in [0.15, 0.2) is 39.9 Å². The Kier molecular flexibility index (Phi) is 7.41. The Balaban J connectivity index is 2.39. The molecule has 144 valence electrons. The van der Waals surface area contributed by atoms with Gasteiger partial charge in [-0.3, -0.25) is 0 Å². The average molecular weight is 363 g/mol. The molecule has 0 fully saturated rings. The number of hydrogen-bond acceptors (Lipinski definition) is 4. The second-order valence-electron chi connectivity index (χ2n) is 6.94. The normalized spacial score (nSPS) is 12.7. The predicted octanol–water partition coefficient (Wildman–Crippen LogP) is 1.02. The number of nitrogens with zero attached hydrogens (tertiary/aromatic N) is 3. The summed E-state index contributed by atoms with van der Waals surface area (Å²) in [4.78, 5) is 25.6. The Morgan fingerprint density at radius 2 is 1.46 bits per heavy atom. The van der Waals surface area contributed by atoms with E-state index in [-0.39, 0.29) is 32.3 Å². The van der Waals surface area contributed by atoms with E-state index in [2.05, 4.69) is 13.8 Å². The minimum absolute atomic E-state index is 0.0359. The minimum atomic E-state index is -0.420. The molecule has 2 rings (SSSR count). The van der Waals surface area contributed by atoms with E-state index in [1.165, 1.54) is 19.5 Å². The summed E-state index contributed by atoms with van der Waals surface area (Å²) in [6, 6.07) is 9.77. The zero-order valence-electron chi connectivity index (χ0n) is 15.5. The van der Waals surface area contributed by atoms with E-state index in [1.54, 1.807) is 0 Å². The molecular formula is C19H29N3O4. The van der Waals surface area contributed by atoms with Gasteiger partial charge in [-0.05, 0) is 30.7 Å². The van der Waals surface area contributed by atoms with Gasteiger partial charge in [-0.1, -0.05) is 44.2 Å². The summed E-state index contributed by atoms with van der Waals surface area (Å²) in [7, 11) is 0. The van der Waals surface area contributed by atoms with Crippen molar-refractivity contribution in [2.45, 2.75) is 52.2 Å². The molecule has 2 N–H and O–H groups in total. The van der Waals surface area contributed by atoms with Crippen LogP contribution < -0.4 is 11.4 Å². The molecule has 1 heterocycles. The van der Waals surface area contributed by atoms with Crippen LogP contribution in [0, 0.1) is 5.92 Å². The Labute approximate surface area is 153 Å². The van der Waals surface area contributed by atoms with Crippen LogP contribution in [0.25, 0.3) is 0 Å². The molecule has 0 amide bonds. The number of aliphatic hydroxyl groups is 2. The van der Waals surface area contributed by atoms with Gasteiger partial charge in [0.05, 0.1) is 26.3 Å². The van der Waals surface area contributed by atoms with Gasteiger partial charge in [0.15, 0.2) is 0 Å². The molecule has 0 aliphatic carbocycles. The number of aromatic nitrogens is 3. The van der Waals surface area contributed by atoms with Crippen molar-refractivity contribution in [3.05, 3.63) is 56.9 Å². The maximum atomic E-state index is 12.8. The SMILES string of the molecule is CC(C)CC(CCc1ccccc1)n1c(=O)n(CCO)n(CCO)c1=O. The monoisotopic (exact) mass is 363 g/mol. The summed E-state index contributed by atoms with van der Waals surface area (Å²) >= 11 is 0. The molecule has 1 aromatic carbocycles. The molecule has 1 unspecified atom stereocenters. The number of benzene rings is 1. The number of rotatable bonds is 10. The highest BCUT2D eigenvalue weighted by Gasteiger charge is 2.23. The minimum Gasteiger partial charge on any atom is -0.394 e. The van der Waals surface area contributed by atoms with Crippen molar-refractivity contribution in [3.8, 4) is 0 Å². The first-order valence-corrected chi connectivity index (χ1v) is 9.17. The topological polar surface area (TPSA) is 89.4 Å². The number of aryl methyl sites for hydroxylation is 1. The Hall–Kier alpha value is -2.12. The fraction of sp³-hybridized carbons (Fsp3) is 0.579. The predicted molar refractivity (Wildman–Crippen MR) is 100 cm³/mol. The van der Waals surface area contributed by atoms with Crippen molar-refractivity contribution in [1.82, 2.24) is 13.9 Å². The van der Waals surface area contributed by atoms with Crippen molar-refractivity contribution >= 4 is 0 Å². The molecular weight excluding hydrogens is 334 g/mol. The van der Waals surface area contributed by atoms with E-state index in [0.29, 0.717) is 18.8 Å². The van der Waals surface area contributed by atoms with Gasteiger partial charge in [-0.2, -0.15) is 0 Å². The molecule has 0 spiro atoms. The third-order valence-electron chi connectivity index (χ3n) is 4.49. The van der Waals surface area contributed by atoms with Crippen molar-refractivity contribution in [3.63, 3.8) is 0 Å². The molecule has 1 aromatic heterocycles. The lowest BCUT2D eigenvalue weighted by molar-refractivity contribution is 0.226. The van der Waals surface area contributed by atoms with E-state index < -0.39 is 11.4 Å². The highest BCUT2D eigenvalue weighted by Crippen LogP contribution is 2.21. The van der Waals surface area contributed by atoms with Crippen LogP contribution >= 0.6 is 0 Å². The molecule has 0 aliphatic rings. The maximum absolute atomic E-state index is 12.8. The average Bonchev–Trinajstić information content (AvgIpc) is 2.84. The lowest BCUT2D eigenvalue weighted by Crippen LogP contribution is -2.34. The van der Waals surface area contributed by atoms with Crippen molar-refractivity contribution in [1.29, 1.82) is 0 Å². The third kappa shape index (κ3) is 4.74. The molecule has 0 saturated carbocycles. The van der Waals surface area contributed by atoms with Gasteiger partial charge in [0, 0.05) is 6.04 Å².